The van der Waals surface area contributed by atoms with Crippen LogP contribution in [-0.2, 0) is 0 Å². The molecule has 1 saturated heterocycles. The van der Waals surface area contributed by atoms with E-state index in [2.05, 4.69) is 6.92 Å². The molecule has 0 spiro atoms. The zero-order valence-electron chi connectivity index (χ0n) is 20.1. The molecule has 4 rings (SSSR count). The fraction of sp³-hybridized carbons (Fsp3) is 0.586. The molecule has 2 fully saturated rings. The number of unbranched alkanes of at least 4 members (excludes halogenated alkanes) is 1. The van der Waals surface area contributed by atoms with Crippen LogP contribution in [0.2, 0.25) is 18.1 Å². The Morgan fingerprint density at radius 2 is 1.45 bits per heavy atom. The highest BCUT2D eigenvalue weighted by Gasteiger charge is 2.26. The average Bonchev–Trinajstić information content (AvgIpc) is 2.84. The van der Waals surface area contributed by atoms with Gasteiger partial charge in [-0.2, -0.15) is 0 Å². The summed E-state index contributed by atoms with van der Waals surface area (Å²) in [6.07, 6.45) is 13.4. The molecule has 0 bridgehead atoms. The van der Waals surface area contributed by atoms with Gasteiger partial charge in [0, 0.05) is 14.4 Å². The summed E-state index contributed by atoms with van der Waals surface area (Å²) in [4.78, 5) is 0. The molecular formula is C29H39F3Si. The molecule has 2 aromatic rings. The van der Waals surface area contributed by atoms with Gasteiger partial charge in [-0.3, -0.25) is 0 Å². The van der Waals surface area contributed by atoms with Gasteiger partial charge in [0.2, 0.25) is 0 Å². The molecule has 33 heavy (non-hydrogen) atoms. The summed E-state index contributed by atoms with van der Waals surface area (Å²) in [5.74, 6) is 0.0251. The van der Waals surface area contributed by atoms with Gasteiger partial charge in [0.25, 0.3) is 0 Å². The first-order chi connectivity index (χ1) is 16.0. The lowest BCUT2D eigenvalue weighted by atomic mass is 9.76. The van der Waals surface area contributed by atoms with Gasteiger partial charge < -0.3 is 0 Å². The normalized spacial score (nSPS) is 25.8. The van der Waals surface area contributed by atoms with Crippen molar-refractivity contribution in [3.05, 3.63) is 59.4 Å². The minimum atomic E-state index is -0.944. The zero-order chi connectivity index (χ0) is 23.2. The van der Waals surface area contributed by atoms with E-state index >= 15 is 0 Å². The Morgan fingerprint density at radius 3 is 2.09 bits per heavy atom. The third kappa shape index (κ3) is 6.53. The van der Waals surface area contributed by atoms with Gasteiger partial charge in [0.05, 0.1) is 0 Å². The van der Waals surface area contributed by atoms with Crippen molar-refractivity contribution in [2.24, 2.45) is 11.8 Å². The summed E-state index contributed by atoms with van der Waals surface area (Å²) in [5.41, 5.74) is 1.76. The largest absolute Gasteiger partial charge is 0.206 e. The van der Waals surface area contributed by atoms with E-state index in [-0.39, 0.29) is 14.6 Å². The Morgan fingerprint density at radius 1 is 0.758 bits per heavy atom. The molecule has 1 saturated carbocycles. The van der Waals surface area contributed by atoms with Gasteiger partial charge in [-0.1, -0.05) is 81.8 Å². The molecule has 0 unspecified atom stereocenters. The smallest absolute Gasteiger partial charge is 0.159 e. The fourth-order valence-electron chi connectivity index (χ4n) is 6.24. The van der Waals surface area contributed by atoms with Gasteiger partial charge in [0.1, 0.15) is 5.82 Å². The monoisotopic (exact) mass is 472 g/mol. The molecule has 0 atom stereocenters. The Hall–Kier alpha value is -1.55. The van der Waals surface area contributed by atoms with Gasteiger partial charge in [-0.05, 0) is 72.8 Å². The zero-order valence-corrected chi connectivity index (χ0v) is 21.3. The number of hydrogen-bond donors (Lipinski definition) is 0. The van der Waals surface area contributed by atoms with Crippen LogP contribution in [0.1, 0.15) is 82.6 Å². The number of hydrogen-bond acceptors (Lipinski definition) is 0. The minimum Gasteiger partial charge on any atom is -0.206 e. The van der Waals surface area contributed by atoms with Gasteiger partial charge in [-0.15, -0.1) is 0 Å². The number of rotatable bonds is 8. The van der Waals surface area contributed by atoms with Crippen LogP contribution in [0.25, 0.3) is 11.1 Å². The highest BCUT2D eigenvalue weighted by molar-refractivity contribution is 6.58. The fourth-order valence-corrected chi connectivity index (χ4v) is 9.98. The lowest BCUT2D eigenvalue weighted by Gasteiger charge is -2.32. The highest BCUT2D eigenvalue weighted by Crippen LogP contribution is 2.40. The van der Waals surface area contributed by atoms with E-state index in [0.29, 0.717) is 17.0 Å². The Balaban J connectivity index is 1.24. The van der Waals surface area contributed by atoms with Crippen LogP contribution >= 0.6 is 0 Å². The topological polar surface area (TPSA) is 0 Å². The second-order valence-corrected chi connectivity index (χ2v) is 14.2. The first-order valence-corrected chi connectivity index (χ1v) is 15.7. The van der Waals surface area contributed by atoms with Gasteiger partial charge in [0.15, 0.2) is 11.6 Å². The van der Waals surface area contributed by atoms with Crippen LogP contribution in [0.15, 0.2) is 36.4 Å². The van der Waals surface area contributed by atoms with Crippen molar-refractivity contribution < 1.29 is 13.2 Å². The van der Waals surface area contributed by atoms with E-state index in [9.17, 15) is 13.2 Å². The second-order valence-electron chi connectivity index (χ2n) is 10.7. The maximum absolute atomic E-state index is 14.8. The molecule has 0 nitrogen and oxygen atoms in total. The lowest BCUT2D eigenvalue weighted by Crippen LogP contribution is -2.22. The lowest BCUT2D eigenvalue weighted by molar-refractivity contribution is 0.280. The van der Waals surface area contributed by atoms with E-state index in [1.165, 1.54) is 57.4 Å². The predicted molar refractivity (Wildman–Crippen MR) is 135 cm³/mol. The second kappa shape index (κ2) is 11.7. The van der Waals surface area contributed by atoms with Crippen molar-refractivity contribution in [1.29, 1.82) is 0 Å². The average molecular weight is 473 g/mol. The molecule has 1 aliphatic carbocycles. The molecule has 0 aromatic heterocycles. The number of halogens is 3. The summed E-state index contributed by atoms with van der Waals surface area (Å²) < 4.78 is 41.6. The minimum absolute atomic E-state index is 0.332. The van der Waals surface area contributed by atoms with E-state index < -0.39 is 11.6 Å². The van der Waals surface area contributed by atoms with Crippen LogP contribution in [0.3, 0.4) is 0 Å². The first-order valence-electron chi connectivity index (χ1n) is 13.3. The van der Waals surface area contributed by atoms with Crippen LogP contribution < -0.4 is 0 Å². The molecule has 2 aromatic carbocycles. The Labute approximate surface area is 199 Å². The first kappa shape index (κ1) is 24.6. The Kier molecular flexibility index (Phi) is 8.73. The predicted octanol–water partition coefficient (Wildman–Crippen LogP) is 9.26. The van der Waals surface area contributed by atoms with Crippen molar-refractivity contribution >= 4 is 8.80 Å². The van der Waals surface area contributed by atoms with Crippen LogP contribution in [0, 0.1) is 29.3 Å². The van der Waals surface area contributed by atoms with Crippen molar-refractivity contribution in [3.63, 3.8) is 0 Å². The molecule has 1 heterocycles. The van der Waals surface area contributed by atoms with Crippen LogP contribution in [-0.4, -0.2) is 8.80 Å². The SMILES string of the molecule is CCCC[Si@H]1CC[C@H](CC[C@H]2CC[C@H](c3ccc(-c4ccc(F)c(F)c4)c(F)c3)CC2)CC1. The summed E-state index contributed by atoms with van der Waals surface area (Å²) >= 11 is 0. The van der Waals surface area contributed by atoms with Crippen molar-refractivity contribution in [1.82, 2.24) is 0 Å². The standard InChI is InChI=1S/C29H39F3Si/c1-2-3-16-33-17-14-22(15-18-33)5-4-21-6-8-23(9-7-21)24-10-12-26(28(31)19-24)25-11-13-27(30)29(32)20-25/h10-13,19-23,33H,2-9,14-18H2,1H3/t21-,22-,23-,33-. The molecule has 4 heteroatoms. The van der Waals surface area contributed by atoms with Gasteiger partial charge in [-0.25, -0.2) is 13.2 Å². The van der Waals surface area contributed by atoms with Crippen LogP contribution in [0.5, 0.6) is 0 Å². The summed E-state index contributed by atoms with van der Waals surface area (Å²) in [7, 11) is -0.384. The van der Waals surface area contributed by atoms with Crippen LogP contribution in [0.4, 0.5) is 13.2 Å². The molecule has 2 aliphatic rings. The van der Waals surface area contributed by atoms with E-state index in [1.807, 2.05) is 6.07 Å². The summed E-state index contributed by atoms with van der Waals surface area (Å²) in [5, 5.41) is 0. The quantitative estimate of drug-likeness (QED) is 0.336. The Bertz CT molecular complexity index is 896. The van der Waals surface area contributed by atoms with Crippen molar-refractivity contribution in [2.75, 3.05) is 0 Å². The molecule has 180 valence electrons. The summed E-state index contributed by atoms with van der Waals surface area (Å²) in [6, 6.07) is 13.6. The number of benzene rings is 2. The molecular weight excluding hydrogens is 433 g/mol. The van der Waals surface area contributed by atoms with E-state index in [4.69, 9.17) is 0 Å². The third-order valence-electron chi connectivity index (χ3n) is 8.46. The van der Waals surface area contributed by atoms with E-state index in [1.54, 1.807) is 30.3 Å². The summed E-state index contributed by atoms with van der Waals surface area (Å²) in [6.45, 7) is 2.32. The maximum atomic E-state index is 14.8. The molecule has 0 amide bonds. The third-order valence-corrected chi connectivity index (χ3v) is 12.0. The molecule has 1 aliphatic heterocycles. The van der Waals surface area contributed by atoms with E-state index in [0.717, 1.165) is 42.4 Å². The maximum Gasteiger partial charge on any atom is 0.159 e. The molecule has 0 radical (unpaired) electrons. The highest BCUT2D eigenvalue weighted by atomic mass is 28.3. The van der Waals surface area contributed by atoms with Crippen molar-refractivity contribution in [3.8, 4) is 11.1 Å². The van der Waals surface area contributed by atoms with Crippen molar-refractivity contribution in [2.45, 2.75) is 95.2 Å². The van der Waals surface area contributed by atoms with Gasteiger partial charge >= 0.3 is 0 Å². The molecule has 0 N–H and O–H groups in total.